The van der Waals surface area contributed by atoms with E-state index in [1.807, 2.05) is 19.3 Å². The van der Waals surface area contributed by atoms with E-state index in [1.54, 1.807) is 0 Å². The highest BCUT2D eigenvalue weighted by Gasteiger charge is 2.32. The lowest BCUT2D eigenvalue weighted by atomic mass is 9.88. The second-order valence-electron chi connectivity index (χ2n) is 7.51. The van der Waals surface area contributed by atoms with E-state index < -0.39 is 0 Å². The predicted octanol–water partition coefficient (Wildman–Crippen LogP) is 5.60. The number of rotatable bonds is 2. The lowest BCUT2D eigenvalue weighted by molar-refractivity contribution is -0.660. The van der Waals surface area contributed by atoms with E-state index in [1.165, 1.54) is 33.0 Å². The Hall–Kier alpha value is -2.86. The summed E-state index contributed by atoms with van der Waals surface area (Å²) in [6.45, 7) is 16.4. The molecule has 3 nitrogen and oxygen atoms in total. The molecule has 1 aliphatic heterocycles. The minimum absolute atomic E-state index is 0.330. The first-order valence-electron chi connectivity index (χ1n) is 9.03. The third-order valence-corrected chi connectivity index (χ3v) is 5.47. The van der Waals surface area contributed by atoms with Gasteiger partial charge in [-0.25, -0.2) is 6.57 Å². The second-order valence-corrected chi connectivity index (χ2v) is 7.51. The van der Waals surface area contributed by atoms with Crippen molar-refractivity contribution in [1.29, 1.82) is 0 Å². The van der Waals surface area contributed by atoms with Gasteiger partial charge in [-0.15, -0.1) is 0 Å². The normalized spacial score (nSPS) is 12.0. The van der Waals surface area contributed by atoms with Crippen LogP contribution in [-0.2, 0) is 13.6 Å². The summed E-state index contributed by atoms with van der Waals surface area (Å²) in [6, 6.07) is 8.72. The molecule has 1 aromatic heterocycles. The summed E-state index contributed by atoms with van der Waals surface area (Å²) in [5.41, 5.74) is 7.09. The molecule has 0 spiro atoms. The Kier molecular flexibility index (Phi) is 3.73. The molecule has 0 bridgehead atoms. The molecule has 26 heavy (non-hydrogen) atoms. The van der Waals surface area contributed by atoms with Gasteiger partial charge < -0.3 is 9.58 Å². The first-order valence-corrected chi connectivity index (χ1v) is 9.03. The van der Waals surface area contributed by atoms with E-state index >= 15 is 0 Å². The molecule has 0 amide bonds. The van der Waals surface area contributed by atoms with Gasteiger partial charge in [0.2, 0.25) is 12.3 Å². The Morgan fingerprint density at radius 3 is 2.65 bits per heavy atom. The molecule has 0 radical (unpaired) electrons. The van der Waals surface area contributed by atoms with Crippen LogP contribution in [0.25, 0.3) is 26.9 Å². The zero-order valence-corrected chi connectivity index (χ0v) is 16.0. The quantitative estimate of drug-likeness (QED) is 0.342. The summed E-state index contributed by atoms with van der Waals surface area (Å²) in [7, 11) is 2.05. The zero-order chi connectivity index (χ0) is 18.6. The largest absolute Gasteiger partial charge is 0.449 e. The molecule has 1 aliphatic rings. The zero-order valence-electron chi connectivity index (χ0n) is 16.0. The Morgan fingerprint density at radius 1 is 1.19 bits per heavy atom. The van der Waals surface area contributed by atoms with Crippen molar-refractivity contribution in [3.63, 3.8) is 0 Å². The summed E-state index contributed by atoms with van der Waals surface area (Å²) in [5.74, 6) is 2.17. The maximum absolute atomic E-state index is 7.30. The van der Waals surface area contributed by atoms with E-state index in [0.29, 0.717) is 12.5 Å². The number of pyridine rings is 1. The molecule has 3 heteroatoms. The number of hydrogen-bond acceptors (Lipinski definition) is 1. The van der Waals surface area contributed by atoms with Gasteiger partial charge in [-0.05, 0) is 47.9 Å². The van der Waals surface area contributed by atoms with Crippen molar-refractivity contribution in [2.75, 3.05) is 0 Å². The predicted molar refractivity (Wildman–Crippen MR) is 105 cm³/mol. The summed E-state index contributed by atoms with van der Waals surface area (Å²) in [6.07, 6.45) is 2.03. The molecule has 130 valence electrons. The van der Waals surface area contributed by atoms with Crippen LogP contribution in [0.5, 0.6) is 11.5 Å². The van der Waals surface area contributed by atoms with Crippen molar-refractivity contribution < 1.29 is 9.30 Å². The van der Waals surface area contributed by atoms with Crippen LogP contribution in [0, 0.1) is 20.4 Å². The fourth-order valence-corrected chi connectivity index (χ4v) is 3.86. The lowest BCUT2D eigenvalue weighted by Crippen LogP contribution is -2.32. The number of nitrogens with zero attached hydrogens (tertiary/aromatic N) is 2. The van der Waals surface area contributed by atoms with E-state index in [0.717, 1.165) is 22.8 Å². The van der Waals surface area contributed by atoms with Crippen LogP contribution in [0.1, 0.15) is 42.0 Å². The van der Waals surface area contributed by atoms with Crippen LogP contribution < -0.4 is 9.30 Å². The van der Waals surface area contributed by atoms with Gasteiger partial charge in [-0.2, -0.15) is 4.57 Å². The molecule has 0 fully saturated rings. The number of ether oxygens (including phenoxy) is 1. The summed E-state index contributed by atoms with van der Waals surface area (Å²) in [5, 5.41) is 2.41. The van der Waals surface area contributed by atoms with Crippen LogP contribution in [0.2, 0.25) is 0 Å². The molecule has 2 heterocycles. The highest BCUT2D eigenvalue weighted by atomic mass is 16.5. The number of aromatic nitrogens is 1. The minimum atomic E-state index is 0.330. The molecule has 2 aromatic carbocycles. The van der Waals surface area contributed by atoms with Gasteiger partial charge in [0.25, 0.3) is 5.69 Å². The average molecular weight is 343 g/mol. The van der Waals surface area contributed by atoms with Crippen LogP contribution in [0.4, 0.5) is 0 Å². The standard InChI is InChI=1S/C23H23N2O/c1-13(2)17-10-18-9-14(3)15(4)20-21(18)19(11-17)26-23-16(12-24-5)7-8-25(6)22(20)23/h7-11,13H,12H2,1-4,6H3/q+1. The highest BCUT2D eigenvalue weighted by Crippen LogP contribution is 2.49. The Morgan fingerprint density at radius 2 is 1.96 bits per heavy atom. The topological polar surface area (TPSA) is 17.5 Å². The molecule has 3 aromatic rings. The van der Waals surface area contributed by atoms with E-state index in [-0.39, 0.29) is 0 Å². The van der Waals surface area contributed by atoms with Gasteiger partial charge in [0.1, 0.15) is 12.8 Å². The van der Waals surface area contributed by atoms with E-state index in [4.69, 9.17) is 11.3 Å². The maximum Gasteiger partial charge on any atom is 0.256 e. The third-order valence-electron chi connectivity index (χ3n) is 5.47. The smallest absolute Gasteiger partial charge is 0.256 e. The van der Waals surface area contributed by atoms with Crippen molar-refractivity contribution >= 4 is 10.8 Å². The minimum Gasteiger partial charge on any atom is -0.449 e. The second kappa shape index (κ2) is 5.85. The highest BCUT2D eigenvalue weighted by molar-refractivity contribution is 6.05. The first-order chi connectivity index (χ1) is 12.4. The van der Waals surface area contributed by atoms with E-state index in [9.17, 15) is 0 Å². The van der Waals surface area contributed by atoms with Crippen LogP contribution in [0.15, 0.2) is 30.5 Å². The Balaban J connectivity index is 2.17. The SMILES string of the molecule is [C-]#[N+]Cc1cc[n+](C)c2c1Oc1cc(C(C)C)cc3cc(C)c(C)c-2c13. The lowest BCUT2D eigenvalue weighted by Gasteiger charge is -2.24. The summed E-state index contributed by atoms with van der Waals surface area (Å²) < 4.78 is 8.55. The van der Waals surface area contributed by atoms with Gasteiger partial charge in [0.15, 0.2) is 6.20 Å². The van der Waals surface area contributed by atoms with Gasteiger partial charge in [0, 0.05) is 11.5 Å². The number of fused-ring (bicyclic) bond motifs is 2. The fourth-order valence-electron chi connectivity index (χ4n) is 3.86. The third kappa shape index (κ3) is 2.29. The van der Waals surface area contributed by atoms with Crippen molar-refractivity contribution in [2.24, 2.45) is 7.05 Å². The van der Waals surface area contributed by atoms with Crippen LogP contribution in [-0.4, -0.2) is 0 Å². The fraction of sp³-hybridized carbons (Fsp3) is 0.304. The van der Waals surface area contributed by atoms with Crippen LogP contribution >= 0.6 is 0 Å². The van der Waals surface area contributed by atoms with Crippen molar-refractivity contribution in [1.82, 2.24) is 0 Å². The Bertz CT molecular complexity index is 1100. The monoisotopic (exact) mass is 343 g/mol. The van der Waals surface area contributed by atoms with Gasteiger partial charge in [-0.1, -0.05) is 26.0 Å². The molecule has 0 atom stereocenters. The molecule has 4 rings (SSSR count). The summed E-state index contributed by atoms with van der Waals surface area (Å²) >= 11 is 0. The van der Waals surface area contributed by atoms with Crippen molar-refractivity contribution in [3.8, 4) is 22.8 Å². The van der Waals surface area contributed by atoms with Gasteiger partial charge in [-0.3, -0.25) is 0 Å². The number of benzene rings is 2. The molecular weight excluding hydrogens is 320 g/mol. The maximum atomic E-state index is 7.30. The van der Waals surface area contributed by atoms with Crippen molar-refractivity contribution in [3.05, 3.63) is 64.1 Å². The Labute approximate surface area is 154 Å². The van der Waals surface area contributed by atoms with E-state index in [2.05, 4.69) is 55.3 Å². The first kappa shape index (κ1) is 16.6. The summed E-state index contributed by atoms with van der Waals surface area (Å²) in [4.78, 5) is 3.60. The van der Waals surface area contributed by atoms with Crippen molar-refractivity contribution in [2.45, 2.75) is 40.2 Å². The molecule has 0 saturated carbocycles. The number of hydrogen-bond donors (Lipinski definition) is 0. The molecular formula is C23H23N2O+. The van der Waals surface area contributed by atoms with Gasteiger partial charge in [0.05, 0.1) is 11.1 Å². The molecule has 0 saturated heterocycles. The average Bonchev–Trinajstić information content (AvgIpc) is 2.60. The van der Waals surface area contributed by atoms with Gasteiger partial charge >= 0.3 is 0 Å². The molecule has 0 aliphatic carbocycles. The molecule has 0 unspecified atom stereocenters. The van der Waals surface area contributed by atoms with Crippen LogP contribution in [0.3, 0.4) is 0 Å². The molecule has 0 N–H and O–H groups in total. The number of aryl methyl sites for hydroxylation is 2.